The van der Waals surface area contributed by atoms with E-state index in [1.807, 2.05) is 6.07 Å². The molecule has 0 saturated carbocycles. The van der Waals surface area contributed by atoms with Crippen LogP contribution in [0, 0.1) is 0 Å². The van der Waals surface area contributed by atoms with Crippen LogP contribution in [0.25, 0.3) is 11.0 Å². The Balaban J connectivity index is 1.65. The van der Waals surface area contributed by atoms with Gasteiger partial charge in [-0.1, -0.05) is 48.8 Å². The van der Waals surface area contributed by atoms with Gasteiger partial charge in [0.1, 0.15) is 11.1 Å². The summed E-state index contributed by atoms with van der Waals surface area (Å²) in [5, 5.41) is 9.03. The van der Waals surface area contributed by atoms with Gasteiger partial charge in [-0.15, -0.1) is 10.2 Å². The van der Waals surface area contributed by atoms with Gasteiger partial charge in [-0.3, -0.25) is 14.5 Å². The first-order chi connectivity index (χ1) is 17.0. The van der Waals surface area contributed by atoms with Gasteiger partial charge >= 0.3 is 0 Å². The fourth-order valence-corrected chi connectivity index (χ4v) is 4.99. The van der Waals surface area contributed by atoms with E-state index >= 15 is 0 Å². The minimum Gasteiger partial charge on any atom is -0.493 e. The Morgan fingerprint density at radius 2 is 2.00 bits per heavy atom. The van der Waals surface area contributed by atoms with Crippen LogP contribution >= 0.6 is 22.9 Å². The van der Waals surface area contributed by atoms with Crippen LogP contribution in [0.1, 0.15) is 53.9 Å². The molecule has 1 atom stereocenters. The van der Waals surface area contributed by atoms with E-state index in [0.717, 1.165) is 19.3 Å². The molecule has 5 rings (SSSR count). The van der Waals surface area contributed by atoms with Crippen molar-refractivity contribution in [1.29, 1.82) is 0 Å². The maximum absolute atomic E-state index is 13.7. The number of nitrogens with zero attached hydrogens (tertiary/aromatic N) is 3. The Morgan fingerprint density at radius 1 is 1.14 bits per heavy atom. The number of fused-ring (bicyclic) bond motifs is 2. The maximum Gasteiger partial charge on any atom is 0.297 e. The quantitative estimate of drug-likeness (QED) is 0.283. The van der Waals surface area contributed by atoms with Gasteiger partial charge in [-0.2, -0.15) is 0 Å². The van der Waals surface area contributed by atoms with Crippen molar-refractivity contribution < 1.29 is 18.7 Å². The maximum atomic E-state index is 13.7. The summed E-state index contributed by atoms with van der Waals surface area (Å²) in [5.41, 5.74) is 2.37. The lowest BCUT2D eigenvalue weighted by molar-refractivity contribution is 0.0970. The zero-order valence-electron chi connectivity index (χ0n) is 19.1. The number of unbranched alkanes of at least 4 members (excludes halogenated alkanes) is 2. The standard InChI is InChI=1S/C25H22ClN3O5S/c1-3-4-5-10-33-18-8-6-14(11-19(18)32-2)21-20-22(30)16-12-15(26)7-9-17(16)34-23(20)24(31)29(21)25-28-27-13-35-25/h6-9,11-13,21H,3-5,10H2,1-2H3. The molecule has 0 saturated heterocycles. The van der Waals surface area contributed by atoms with Crippen molar-refractivity contribution in [2.45, 2.75) is 32.2 Å². The van der Waals surface area contributed by atoms with Crippen molar-refractivity contribution in [3.63, 3.8) is 0 Å². The molecule has 0 fully saturated rings. The number of anilines is 1. The number of ether oxygens (including phenoxy) is 2. The lowest BCUT2D eigenvalue weighted by Gasteiger charge is -2.23. The predicted molar refractivity (Wildman–Crippen MR) is 134 cm³/mol. The van der Waals surface area contributed by atoms with Crippen LogP contribution in [-0.2, 0) is 0 Å². The van der Waals surface area contributed by atoms with Crippen molar-refractivity contribution in [2.75, 3.05) is 18.6 Å². The highest BCUT2D eigenvalue weighted by atomic mass is 35.5. The summed E-state index contributed by atoms with van der Waals surface area (Å²) in [6.45, 7) is 2.70. The summed E-state index contributed by atoms with van der Waals surface area (Å²) in [6.07, 6.45) is 3.11. The monoisotopic (exact) mass is 511 g/mol. The minimum atomic E-state index is -0.784. The third kappa shape index (κ3) is 4.15. The third-order valence-electron chi connectivity index (χ3n) is 5.90. The SMILES string of the molecule is CCCCCOc1ccc(C2c3c(oc4ccc(Cl)cc4c3=O)C(=O)N2c2nncs2)cc1OC. The Hall–Kier alpha value is -3.43. The van der Waals surface area contributed by atoms with Crippen molar-refractivity contribution in [3.8, 4) is 11.5 Å². The number of amides is 1. The van der Waals surface area contributed by atoms with Crippen LogP contribution in [0.15, 0.2) is 51.1 Å². The zero-order valence-corrected chi connectivity index (χ0v) is 20.7. The predicted octanol–water partition coefficient (Wildman–Crippen LogP) is 5.63. The molecule has 0 aliphatic carbocycles. The zero-order chi connectivity index (χ0) is 24.5. The molecular formula is C25H22ClN3O5S. The Morgan fingerprint density at radius 3 is 2.74 bits per heavy atom. The van der Waals surface area contributed by atoms with E-state index in [4.69, 9.17) is 25.5 Å². The molecule has 0 bridgehead atoms. The number of aromatic nitrogens is 2. The minimum absolute atomic E-state index is 0.0242. The lowest BCUT2D eigenvalue weighted by Crippen LogP contribution is -2.29. The van der Waals surface area contributed by atoms with Crippen LogP contribution < -0.4 is 19.8 Å². The van der Waals surface area contributed by atoms with Gasteiger partial charge in [0.15, 0.2) is 16.9 Å². The van der Waals surface area contributed by atoms with Crippen molar-refractivity contribution >= 4 is 44.9 Å². The summed E-state index contributed by atoms with van der Waals surface area (Å²) >= 11 is 7.34. The number of hydrogen-bond acceptors (Lipinski definition) is 8. The Kier molecular flexibility index (Phi) is 6.44. The van der Waals surface area contributed by atoms with Crippen LogP contribution in [0.3, 0.4) is 0 Å². The average molecular weight is 512 g/mol. The summed E-state index contributed by atoms with van der Waals surface area (Å²) in [4.78, 5) is 28.6. The second-order valence-corrected chi connectivity index (χ2v) is 9.33. The van der Waals surface area contributed by atoms with Crippen molar-refractivity contribution in [3.05, 3.63) is 74.0 Å². The molecule has 2 aromatic carbocycles. The van der Waals surface area contributed by atoms with Crippen molar-refractivity contribution in [1.82, 2.24) is 10.2 Å². The molecule has 35 heavy (non-hydrogen) atoms. The third-order valence-corrected chi connectivity index (χ3v) is 6.82. The molecular weight excluding hydrogens is 490 g/mol. The smallest absolute Gasteiger partial charge is 0.297 e. The highest BCUT2D eigenvalue weighted by Gasteiger charge is 2.45. The number of benzene rings is 2. The number of rotatable bonds is 8. The molecule has 4 aromatic rings. The van der Waals surface area contributed by atoms with E-state index < -0.39 is 11.9 Å². The molecule has 1 amide bonds. The molecule has 3 heterocycles. The normalized spacial score (nSPS) is 15.0. The molecule has 1 aliphatic heterocycles. The highest BCUT2D eigenvalue weighted by molar-refractivity contribution is 7.13. The number of carbonyl (C=O) groups excluding carboxylic acids is 1. The first kappa shape index (κ1) is 23.3. The summed E-state index contributed by atoms with van der Waals surface area (Å²) in [6, 6.07) is 9.35. The van der Waals surface area contributed by atoms with Crippen LogP contribution in [0.5, 0.6) is 11.5 Å². The molecule has 2 aromatic heterocycles. The van der Waals surface area contributed by atoms with Gasteiger partial charge in [0.05, 0.1) is 30.7 Å². The fraction of sp³-hybridized carbons (Fsp3) is 0.280. The van der Waals surface area contributed by atoms with Gasteiger partial charge in [-0.05, 0) is 42.3 Å². The fourth-order valence-electron chi connectivity index (χ4n) is 4.24. The molecule has 0 radical (unpaired) electrons. The first-order valence-corrected chi connectivity index (χ1v) is 12.5. The van der Waals surface area contributed by atoms with Gasteiger partial charge in [0, 0.05) is 5.02 Å². The lowest BCUT2D eigenvalue weighted by atomic mass is 9.98. The summed E-state index contributed by atoms with van der Waals surface area (Å²) < 4.78 is 17.4. The Bertz CT molecular complexity index is 1450. The number of methoxy groups -OCH3 is 1. The molecule has 1 aliphatic rings. The van der Waals surface area contributed by atoms with Gasteiger partial charge < -0.3 is 13.9 Å². The highest BCUT2D eigenvalue weighted by Crippen LogP contribution is 2.43. The van der Waals surface area contributed by atoms with Crippen LogP contribution in [-0.4, -0.2) is 29.8 Å². The second kappa shape index (κ2) is 9.67. The molecule has 0 N–H and O–H groups in total. The van der Waals surface area contributed by atoms with E-state index in [2.05, 4.69) is 17.1 Å². The van der Waals surface area contributed by atoms with E-state index in [1.54, 1.807) is 37.4 Å². The molecule has 8 nitrogen and oxygen atoms in total. The van der Waals surface area contributed by atoms with E-state index in [1.165, 1.54) is 21.7 Å². The number of carbonyl (C=O) groups is 1. The van der Waals surface area contributed by atoms with Gasteiger partial charge in [0.25, 0.3) is 5.91 Å². The molecule has 1 unspecified atom stereocenters. The van der Waals surface area contributed by atoms with Gasteiger partial charge in [0.2, 0.25) is 10.9 Å². The average Bonchev–Trinajstić information content (AvgIpc) is 3.49. The molecule has 10 heteroatoms. The first-order valence-electron chi connectivity index (χ1n) is 11.2. The van der Waals surface area contributed by atoms with Crippen LogP contribution in [0.4, 0.5) is 5.13 Å². The Labute approximate surface area is 210 Å². The number of hydrogen-bond donors (Lipinski definition) is 0. The van der Waals surface area contributed by atoms with E-state index in [0.29, 0.717) is 39.2 Å². The van der Waals surface area contributed by atoms with Crippen molar-refractivity contribution in [2.24, 2.45) is 0 Å². The molecule has 180 valence electrons. The summed E-state index contributed by atoms with van der Waals surface area (Å²) in [5.74, 6) is 0.612. The van der Waals surface area contributed by atoms with E-state index in [9.17, 15) is 9.59 Å². The van der Waals surface area contributed by atoms with Crippen LogP contribution in [0.2, 0.25) is 5.02 Å². The summed E-state index contributed by atoms with van der Waals surface area (Å²) in [7, 11) is 1.55. The number of halogens is 1. The van der Waals surface area contributed by atoms with E-state index in [-0.39, 0.29) is 22.3 Å². The second-order valence-electron chi connectivity index (χ2n) is 8.08. The van der Waals surface area contributed by atoms with Gasteiger partial charge in [-0.25, -0.2) is 0 Å². The molecule has 0 spiro atoms. The topological polar surface area (TPSA) is 94.8 Å². The largest absolute Gasteiger partial charge is 0.493 e.